The van der Waals surface area contributed by atoms with Gasteiger partial charge in [-0.25, -0.2) is 9.97 Å². The lowest BCUT2D eigenvalue weighted by Gasteiger charge is -2.07. The van der Waals surface area contributed by atoms with Crippen LogP contribution in [0.3, 0.4) is 0 Å². The van der Waals surface area contributed by atoms with Crippen LogP contribution in [0.1, 0.15) is 16.1 Å². The van der Waals surface area contributed by atoms with E-state index in [4.69, 9.17) is 4.74 Å². The normalized spacial score (nSPS) is 10.2. The summed E-state index contributed by atoms with van der Waals surface area (Å²) in [6.45, 7) is 0. The van der Waals surface area contributed by atoms with Crippen molar-refractivity contribution in [3.63, 3.8) is 0 Å². The van der Waals surface area contributed by atoms with Crippen molar-refractivity contribution in [1.29, 1.82) is 0 Å². The number of carbonyl (C=O) groups excluding carboxylic acids is 1. The van der Waals surface area contributed by atoms with Gasteiger partial charge in [-0.3, -0.25) is 9.78 Å². The Bertz CT molecular complexity index is 761. The number of ketones is 1. The predicted octanol–water partition coefficient (Wildman–Crippen LogP) is 3.09. The van der Waals surface area contributed by atoms with Crippen molar-refractivity contribution in [2.45, 2.75) is 6.42 Å². The van der Waals surface area contributed by atoms with Crippen LogP contribution in [0.4, 0.5) is 0 Å². The van der Waals surface area contributed by atoms with Gasteiger partial charge in [-0.05, 0) is 30.3 Å². The molecule has 0 unspecified atom stereocenters. The molecule has 0 aliphatic heterocycles. The summed E-state index contributed by atoms with van der Waals surface area (Å²) >= 11 is 0. The topological polar surface area (TPSA) is 65.0 Å². The zero-order chi connectivity index (χ0) is 15.2. The number of carbonyl (C=O) groups is 1. The Morgan fingerprint density at radius 2 is 1.91 bits per heavy atom. The van der Waals surface area contributed by atoms with Crippen LogP contribution in [0.25, 0.3) is 0 Å². The molecule has 0 radical (unpaired) electrons. The number of benzene rings is 1. The molecule has 1 aromatic carbocycles. The number of hydrogen-bond acceptors (Lipinski definition) is 5. The van der Waals surface area contributed by atoms with Crippen molar-refractivity contribution in [1.82, 2.24) is 15.0 Å². The van der Waals surface area contributed by atoms with Crippen LogP contribution in [0.5, 0.6) is 11.5 Å². The summed E-state index contributed by atoms with van der Waals surface area (Å²) in [7, 11) is 0. The van der Waals surface area contributed by atoms with E-state index in [1.54, 1.807) is 55.0 Å². The molecule has 3 aromatic rings. The summed E-state index contributed by atoms with van der Waals surface area (Å²) in [5.74, 6) is 1.21. The van der Waals surface area contributed by atoms with E-state index in [-0.39, 0.29) is 12.2 Å². The summed E-state index contributed by atoms with van der Waals surface area (Å²) in [5.41, 5.74) is 1.28. The van der Waals surface area contributed by atoms with E-state index in [9.17, 15) is 4.79 Å². The fourth-order valence-corrected chi connectivity index (χ4v) is 1.97. The Morgan fingerprint density at radius 3 is 2.68 bits per heavy atom. The number of Topliss-reactive ketones (excluding diaryl/α,β-unsaturated/α-hetero) is 1. The first-order valence-electron chi connectivity index (χ1n) is 6.77. The first-order chi connectivity index (χ1) is 10.8. The summed E-state index contributed by atoms with van der Waals surface area (Å²) in [6.07, 6.45) is 6.59. The quantitative estimate of drug-likeness (QED) is 0.676. The number of ether oxygens (including phenoxy) is 1. The highest BCUT2D eigenvalue weighted by atomic mass is 16.5. The molecule has 0 fully saturated rings. The van der Waals surface area contributed by atoms with Crippen molar-refractivity contribution < 1.29 is 9.53 Å². The molecule has 0 amide bonds. The minimum absolute atomic E-state index is 0.0182. The average Bonchev–Trinajstić information content (AvgIpc) is 2.57. The molecule has 0 spiro atoms. The zero-order valence-electron chi connectivity index (χ0n) is 11.7. The van der Waals surface area contributed by atoms with Gasteiger partial charge in [-0.2, -0.15) is 0 Å². The Balaban J connectivity index is 1.75. The molecule has 22 heavy (non-hydrogen) atoms. The molecule has 5 nitrogen and oxygen atoms in total. The van der Waals surface area contributed by atoms with Crippen molar-refractivity contribution in [3.05, 3.63) is 78.6 Å². The average molecular weight is 291 g/mol. The minimum atomic E-state index is -0.0182. The molecule has 2 aromatic heterocycles. The number of aromatic nitrogens is 3. The molecule has 0 atom stereocenters. The molecule has 5 heteroatoms. The minimum Gasteiger partial charge on any atom is -0.456 e. The van der Waals surface area contributed by atoms with Crippen LogP contribution < -0.4 is 4.74 Å². The van der Waals surface area contributed by atoms with E-state index in [0.717, 1.165) is 0 Å². The monoisotopic (exact) mass is 291 g/mol. The van der Waals surface area contributed by atoms with Crippen LogP contribution in [0.15, 0.2) is 67.4 Å². The molecule has 0 saturated heterocycles. The molecular formula is C17H13N3O2. The first-order valence-corrected chi connectivity index (χ1v) is 6.77. The third-order valence-corrected chi connectivity index (χ3v) is 3.01. The van der Waals surface area contributed by atoms with Gasteiger partial charge in [0.1, 0.15) is 17.8 Å². The van der Waals surface area contributed by atoms with E-state index in [1.807, 2.05) is 6.07 Å². The second-order valence-corrected chi connectivity index (χ2v) is 4.62. The van der Waals surface area contributed by atoms with Crippen molar-refractivity contribution in [2.75, 3.05) is 0 Å². The largest absolute Gasteiger partial charge is 0.456 e. The second-order valence-electron chi connectivity index (χ2n) is 4.62. The Labute approximate surface area is 127 Å². The third-order valence-electron chi connectivity index (χ3n) is 3.01. The maximum absolute atomic E-state index is 12.3. The van der Waals surface area contributed by atoms with E-state index < -0.39 is 0 Å². The summed E-state index contributed by atoms with van der Waals surface area (Å²) < 4.78 is 5.68. The molecule has 3 rings (SSSR count). The SMILES string of the molecule is O=C(Cc1ccncn1)c1cccc(Oc2cccnc2)c1. The van der Waals surface area contributed by atoms with E-state index in [2.05, 4.69) is 15.0 Å². The number of pyridine rings is 1. The number of rotatable bonds is 5. The Kier molecular flexibility index (Phi) is 4.15. The van der Waals surface area contributed by atoms with Crippen LogP contribution in [0.2, 0.25) is 0 Å². The standard InChI is InChI=1S/C17H13N3O2/c21-17(10-14-6-8-19-12-20-14)13-3-1-4-15(9-13)22-16-5-2-7-18-11-16/h1-9,11-12H,10H2. The highest BCUT2D eigenvalue weighted by molar-refractivity contribution is 5.97. The molecule has 0 N–H and O–H groups in total. The summed E-state index contributed by atoms with van der Waals surface area (Å²) in [5, 5.41) is 0. The van der Waals surface area contributed by atoms with Crippen LogP contribution >= 0.6 is 0 Å². The van der Waals surface area contributed by atoms with Gasteiger partial charge in [0.25, 0.3) is 0 Å². The summed E-state index contributed by atoms with van der Waals surface area (Å²) in [6, 6.07) is 12.4. The van der Waals surface area contributed by atoms with Crippen LogP contribution in [-0.4, -0.2) is 20.7 Å². The lowest BCUT2D eigenvalue weighted by Crippen LogP contribution is -2.05. The van der Waals surface area contributed by atoms with Gasteiger partial charge in [0.05, 0.1) is 18.3 Å². The van der Waals surface area contributed by atoms with Gasteiger partial charge in [0.2, 0.25) is 0 Å². The fourth-order valence-electron chi connectivity index (χ4n) is 1.97. The van der Waals surface area contributed by atoms with Gasteiger partial charge in [0.15, 0.2) is 5.78 Å². The number of nitrogens with zero attached hydrogens (tertiary/aromatic N) is 3. The van der Waals surface area contributed by atoms with Crippen molar-refractivity contribution >= 4 is 5.78 Å². The molecular weight excluding hydrogens is 278 g/mol. The molecule has 0 saturated carbocycles. The highest BCUT2D eigenvalue weighted by Gasteiger charge is 2.09. The Morgan fingerprint density at radius 1 is 1.00 bits per heavy atom. The lowest BCUT2D eigenvalue weighted by atomic mass is 10.1. The molecule has 108 valence electrons. The summed E-state index contributed by atoms with van der Waals surface area (Å²) in [4.78, 5) is 24.2. The highest BCUT2D eigenvalue weighted by Crippen LogP contribution is 2.21. The van der Waals surface area contributed by atoms with Crippen LogP contribution in [-0.2, 0) is 6.42 Å². The molecule has 0 aliphatic carbocycles. The predicted molar refractivity (Wildman–Crippen MR) is 80.8 cm³/mol. The Hall–Kier alpha value is -3.08. The lowest BCUT2D eigenvalue weighted by molar-refractivity contribution is 0.0991. The van der Waals surface area contributed by atoms with E-state index in [0.29, 0.717) is 22.8 Å². The third kappa shape index (κ3) is 3.52. The maximum atomic E-state index is 12.3. The fraction of sp³-hybridized carbons (Fsp3) is 0.0588. The first kappa shape index (κ1) is 13.9. The van der Waals surface area contributed by atoms with E-state index in [1.165, 1.54) is 6.33 Å². The smallest absolute Gasteiger partial charge is 0.168 e. The van der Waals surface area contributed by atoms with E-state index >= 15 is 0 Å². The molecule has 0 aliphatic rings. The van der Waals surface area contributed by atoms with Crippen molar-refractivity contribution in [3.8, 4) is 11.5 Å². The van der Waals surface area contributed by atoms with Gasteiger partial charge in [-0.1, -0.05) is 12.1 Å². The van der Waals surface area contributed by atoms with Crippen molar-refractivity contribution in [2.24, 2.45) is 0 Å². The maximum Gasteiger partial charge on any atom is 0.168 e. The zero-order valence-corrected chi connectivity index (χ0v) is 11.7. The number of hydrogen-bond donors (Lipinski definition) is 0. The van der Waals surface area contributed by atoms with Crippen LogP contribution in [0, 0.1) is 0 Å². The van der Waals surface area contributed by atoms with Gasteiger partial charge < -0.3 is 4.74 Å². The molecule has 2 heterocycles. The molecule has 0 bridgehead atoms. The second kappa shape index (κ2) is 6.58. The van der Waals surface area contributed by atoms with Gasteiger partial charge >= 0.3 is 0 Å². The van der Waals surface area contributed by atoms with Gasteiger partial charge in [-0.15, -0.1) is 0 Å². The van der Waals surface area contributed by atoms with Gasteiger partial charge in [0, 0.05) is 18.0 Å².